The molecular formula is C21H25Cl2NZr. The molecule has 4 rings (SSSR count). The van der Waals surface area contributed by atoms with Crippen molar-refractivity contribution in [1.29, 1.82) is 0 Å². The first-order chi connectivity index (χ1) is 10.4. The second kappa shape index (κ2) is 9.49. The molecule has 25 heavy (non-hydrogen) atoms. The Hall–Kier alpha value is -0.427. The molecule has 1 aliphatic carbocycles. The van der Waals surface area contributed by atoms with Crippen molar-refractivity contribution in [1.82, 2.24) is 4.98 Å². The van der Waals surface area contributed by atoms with E-state index in [4.69, 9.17) is 0 Å². The van der Waals surface area contributed by atoms with Crippen molar-refractivity contribution < 1.29 is 51.0 Å². The molecule has 0 bridgehead atoms. The van der Waals surface area contributed by atoms with E-state index in [2.05, 4.69) is 70.9 Å². The van der Waals surface area contributed by atoms with Crippen molar-refractivity contribution in [3.8, 4) is 0 Å². The minimum atomic E-state index is 0. The summed E-state index contributed by atoms with van der Waals surface area (Å²) >= 11 is 0. The zero-order chi connectivity index (χ0) is 16.0. The third-order valence-electron chi connectivity index (χ3n) is 5.34. The Bertz CT molecular complexity index is 826. The monoisotopic (exact) mass is 451 g/mol. The normalized spacial score (nSPS) is 14.1. The summed E-state index contributed by atoms with van der Waals surface area (Å²) in [5.74, 6) is 0.831. The van der Waals surface area contributed by atoms with Crippen LogP contribution in [0.3, 0.4) is 0 Å². The van der Waals surface area contributed by atoms with Crippen LogP contribution in [0.4, 0.5) is 0 Å². The molecule has 132 valence electrons. The van der Waals surface area contributed by atoms with Gasteiger partial charge in [-0.15, -0.1) is 34.3 Å². The molecule has 4 heteroatoms. The first kappa shape index (κ1) is 24.6. The third-order valence-corrected chi connectivity index (χ3v) is 5.34. The number of nitrogens with one attached hydrogen (secondary N) is 1. The zero-order valence-electron chi connectivity index (χ0n) is 15.8. The van der Waals surface area contributed by atoms with E-state index in [1.54, 1.807) is 22.3 Å². The van der Waals surface area contributed by atoms with E-state index in [1.807, 2.05) is 0 Å². The molecule has 1 heterocycles. The van der Waals surface area contributed by atoms with Gasteiger partial charge in [0.25, 0.3) is 0 Å². The average molecular weight is 454 g/mol. The summed E-state index contributed by atoms with van der Waals surface area (Å²) in [6.45, 7) is 13.3. The number of aromatic nitrogens is 1. The molecule has 0 radical (unpaired) electrons. The molecule has 1 unspecified atom stereocenters. The van der Waals surface area contributed by atoms with Gasteiger partial charge in [-0.25, -0.2) is 0 Å². The average Bonchev–Trinajstić information content (AvgIpc) is 2.93. The van der Waals surface area contributed by atoms with Crippen molar-refractivity contribution >= 4 is 10.9 Å². The van der Waals surface area contributed by atoms with E-state index in [-0.39, 0.29) is 51.0 Å². The van der Waals surface area contributed by atoms with Crippen LogP contribution in [0.1, 0.15) is 51.8 Å². The van der Waals surface area contributed by atoms with Gasteiger partial charge in [0.1, 0.15) is 0 Å². The number of aromatic amines is 1. The SMILES string of the molecule is Cc1[c-][nH]c2cccc(C)c12.Cc1c(C)c2[c-](c1C)C(C)C2.[Cl-].[Cl-].[Zr+4]. The predicted molar refractivity (Wildman–Crippen MR) is 95.0 cm³/mol. The second-order valence-corrected chi connectivity index (χ2v) is 6.74. The van der Waals surface area contributed by atoms with Crippen LogP contribution in [0.25, 0.3) is 10.9 Å². The maximum atomic E-state index is 3.10. The van der Waals surface area contributed by atoms with Crippen LogP contribution in [0.5, 0.6) is 0 Å². The number of hydrogen-bond acceptors (Lipinski definition) is 0. The van der Waals surface area contributed by atoms with E-state index < -0.39 is 0 Å². The maximum Gasteiger partial charge on any atom is 4.00 e. The first-order valence-electron chi connectivity index (χ1n) is 8.12. The third kappa shape index (κ3) is 4.29. The van der Waals surface area contributed by atoms with Crippen LogP contribution in [0.2, 0.25) is 0 Å². The standard InChI is InChI=1S/C11H15.C10H10N.2ClH.Zr/c1-6-5-10-8(3)7(2)9(4)11(6)10;1-7-4-3-5-9-10(7)8(2)6-11-9;;;/h6H,5H2,1-4H3;3-5,11H,1-2H3;2*1H;/q2*-1;;;+4/p-2. The van der Waals surface area contributed by atoms with Crippen LogP contribution < -0.4 is 24.8 Å². The van der Waals surface area contributed by atoms with E-state index >= 15 is 0 Å². The summed E-state index contributed by atoms with van der Waals surface area (Å²) in [5, 5.41) is 1.31. The minimum Gasteiger partial charge on any atom is -1.00 e. The number of benzene rings is 1. The zero-order valence-corrected chi connectivity index (χ0v) is 19.7. The molecule has 1 nitrogen and oxygen atoms in total. The molecule has 0 amide bonds. The molecule has 0 fully saturated rings. The number of rotatable bonds is 0. The molecular weight excluding hydrogens is 428 g/mol. The number of halogens is 2. The molecule has 1 aromatic heterocycles. The topological polar surface area (TPSA) is 15.8 Å². The molecule has 0 aliphatic heterocycles. The molecule has 3 aromatic rings. The Morgan fingerprint density at radius 1 is 1.04 bits per heavy atom. The number of aryl methyl sites for hydroxylation is 2. The molecule has 1 atom stereocenters. The van der Waals surface area contributed by atoms with E-state index in [9.17, 15) is 0 Å². The number of H-pyrrole nitrogens is 1. The molecule has 2 aromatic carbocycles. The maximum absolute atomic E-state index is 3.10. The quantitative estimate of drug-likeness (QED) is 0.445. The molecule has 1 aliphatic rings. The van der Waals surface area contributed by atoms with Crippen molar-refractivity contribution in [3.05, 3.63) is 63.3 Å². The summed E-state index contributed by atoms with van der Waals surface area (Å²) in [4.78, 5) is 3.10. The Morgan fingerprint density at radius 2 is 1.68 bits per heavy atom. The smallest absolute Gasteiger partial charge is 1.00 e. The number of hydrogen-bond donors (Lipinski definition) is 1. The predicted octanol–water partition coefficient (Wildman–Crippen LogP) is -0.419. The Kier molecular flexibility index (Phi) is 9.33. The fourth-order valence-corrected chi connectivity index (χ4v) is 3.84. The Labute approximate surface area is 183 Å². The fourth-order valence-electron chi connectivity index (χ4n) is 3.84. The van der Waals surface area contributed by atoms with Crippen molar-refractivity contribution in [2.24, 2.45) is 0 Å². The second-order valence-electron chi connectivity index (χ2n) is 6.74. The summed E-state index contributed by atoms with van der Waals surface area (Å²) in [7, 11) is 0. The van der Waals surface area contributed by atoms with Gasteiger partial charge >= 0.3 is 26.2 Å². The van der Waals surface area contributed by atoms with Gasteiger partial charge < -0.3 is 29.8 Å². The summed E-state index contributed by atoms with van der Waals surface area (Å²) in [6.07, 6.45) is 4.41. The largest absolute Gasteiger partial charge is 4.00 e. The Morgan fingerprint density at radius 3 is 2.16 bits per heavy atom. The molecule has 1 N–H and O–H groups in total. The fraction of sp³-hybridized carbons (Fsp3) is 0.381. The van der Waals surface area contributed by atoms with Gasteiger partial charge in [0.05, 0.1) is 0 Å². The molecule has 0 saturated carbocycles. The first-order valence-corrected chi connectivity index (χ1v) is 8.12. The van der Waals surface area contributed by atoms with Crippen LogP contribution in [-0.4, -0.2) is 4.98 Å². The summed E-state index contributed by atoms with van der Waals surface area (Å²) in [5.41, 5.74) is 11.6. The molecule has 0 saturated heterocycles. The van der Waals surface area contributed by atoms with Crippen LogP contribution in [-0.2, 0) is 32.6 Å². The van der Waals surface area contributed by atoms with Crippen LogP contribution in [0.15, 0.2) is 18.2 Å². The van der Waals surface area contributed by atoms with Gasteiger partial charge in [-0.1, -0.05) is 66.0 Å². The van der Waals surface area contributed by atoms with E-state index in [0.29, 0.717) is 0 Å². The number of fused-ring (bicyclic) bond motifs is 2. The molecule has 0 spiro atoms. The van der Waals surface area contributed by atoms with Crippen molar-refractivity contribution in [3.63, 3.8) is 0 Å². The summed E-state index contributed by atoms with van der Waals surface area (Å²) < 4.78 is 0. The summed E-state index contributed by atoms with van der Waals surface area (Å²) in [6, 6.07) is 6.25. The van der Waals surface area contributed by atoms with E-state index in [0.717, 1.165) is 5.92 Å². The van der Waals surface area contributed by atoms with Gasteiger partial charge in [-0.3, -0.25) is 0 Å². The van der Waals surface area contributed by atoms with Crippen molar-refractivity contribution in [2.75, 3.05) is 0 Å². The van der Waals surface area contributed by atoms with Crippen LogP contribution >= 0.6 is 0 Å². The van der Waals surface area contributed by atoms with Gasteiger partial charge in [0, 0.05) is 0 Å². The van der Waals surface area contributed by atoms with Crippen molar-refractivity contribution in [2.45, 2.75) is 53.9 Å². The van der Waals surface area contributed by atoms with Gasteiger partial charge in [0.2, 0.25) is 0 Å². The minimum absolute atomic E-state index is 0. The van der Waals surface area contributed by atoms with E-state index in [1.165, 1.54) is 34.0 Å². The van der Waals surface area contributed by atoms with Crippen LogP contribution in [0, 0.1) is 40.8 Å². The van der Waals surface area contributed by atoms with Gasteiger partial charge in [-0.2, -0.15) is 27.8 Å². The Balaban J connectivity index is 0.000000411. The van der Waals surface area contributed by atoms with Gasteiger partial charge in [0.15, 0.2) is 0 Å². The van der Waals surface area contributed by atoms with Gasteiger partial charge in [-0.05, 0) is 0 Å².